The quantitative estimate of drug-likeness (QED) is 0.360. The maximum atomic E-state index is 11.8. The number of rotatable bonds is 10. The van der Waals surface area contributed by atoms with Crippen LogP contribution in [0.5, 0.6) is 0 Å². The second-order valence-electron chi connectivity index (χ2n) is 6.54. The smallest absolute Gasteiger partial charge is 0.323 e. The fourth-order valence-corrected chi connectivity index (χ4v) is 2.48. The number of nitrogens with one attached hydrogen (secondary N) is 1. The number of carbonyl (C=O) groups excluding carboxylic acids is 2. The molecule has 0 amide bonds. The summed E-state index contributed by atoms with van der Waals surface area (Å²) in [6.45, 7) is 4.58. The van der Waals surface area contributed by atoms with Crippen LogP contribution in [-0.2, 0) is 25.6 Å². The Bertz CT molecular complexity index is 845. The lowest BCUT2D eigenvalue weighted by molar-refractivity contribution is -0.147. The van der Waals surface area contributed by atoms with Crippen molar-refractivity contribution in [3.63, 3.8) is 0 Å². The van der Waals surface area contributed by atoms with Crippen molar-refractivity contribution >= 4 is 29.6 Å². The van der Waals surface area contributed by atoms with Crippen molar-refractivity contribution < 1.29 is 19.1 Å². The molecule has 2 aromatic rings. The lowest BCUT2D eigenvalue weighted by atomic mass is 10.1. The number of nitrogens with two attached hydrogens (primary N) is 2. The summed E-state index contributed by atoms with van der Waals surface area (Å²) >= 11 is 0. The van der Waals surface area contributed by atoms with Crippen molar-refractivity contribution in [1.82, 2.24) is 19.5 Å². The van der Waals surface area contributed by atoms with Gasteiger partial charge in [-0.15, -0.1) is 0 Å². The normalized spacial score (nSPS) is 13.5. The molecule has 0 aromatic carbocycles. The van der Waals surface area contributed by atoms with E-state index in [2.05, 4.69) is 15.0 Å². The average Bonchev–Trinajstić information content (AvgIpc) is 3.01. The van der Waals surface area contributed by atoms with Crippen molar-refractivity contribution in [2.24, 2.45) is 17.6 Å². The molecule has 148 valence electrons. The Kier molecular flexibility index (Phi) is 6.88. The van der Waals surface area contributed by atoms with Gasteiger partial charge in [0.05, 0.1) is 19.5 Å². The Morgan fingerprint density at radius 3 is 2.85 bits per heavy atom. The predicted molar refractivity (Wildman–Crippen MR) is 96.5 cm³/mol. The molecule has 0 aliphatic carbocycles. The Morgan fingerprint density at radius 2 is 2.19 bits per heavy atom. The van der Waals surface area contributed by atoms with Gasteiger partial charge in [0.2, 0.25) is 5.95 Å². The summed E-state index contributed by atoms with van der Waals surface area (Å²) in [4.78, 5) is 44.7. The first kappa shape index (κ1) is 20.4. The molecule has 2 heterocycles. The minimum atomic E-state index is -0.689. The molecule has 0 unspecified atom stereocenters. The highest BCUT2D eigenvalue weighted by Gasteiger charge is 2.20. The van der Waals surface area contributed by atoms with Gasteiger partial charge in [0, 0.05) is 12.5 Å². The summed E-state index contributed by atoms with van der Waals surface area (Å²) in [5.41, 5.74) is 11.4. The topological polar surface area (TPSA) is 168 Å². The molecule has 0 saturated heterocycles. The van der Waals surface area contributed by atoms with E-state index < -0.39 is 17.6 Å². The van der Waals surface area contributed by atoms with Crippen LogP contribution in [0, 0.1) is 11.8 Å². The molecule has 0 bridgehead atoms. The summed E-state index contributed by atoms with van der Waals surface area (Å²) in [6, 6.07) is -0.689. The summed E-state index contributed by atoms with van der Waals surface area (Å²) < 4.78 is 11.7. The van der Waals surface area contributed by atoms with Crippen LogP contribution in [0.1, 0.15) is 20.3 Å². The van der Waals surface area contributed by atoms with Crippen LogP contribution in [-0.4, -0.2) is 51.2 Å². The molecule has 0 fully saturated rings. The van der Waals surface area contributed by atoms with Crippen molar-refractivity contribution in [3.8, 4) is 0 Å². The number of ether oxygens (including phenoxy) is 2. The Labute approximate surface area is 155 Å². The molecular weight excluding hydrogens is 356 g/mol. The number of aromatic nitrogens is 4. The third-order valence-corrected chi connectivity index (χ3v) is 4.11. The largest absolute Gasteiger partial charge is 0.468 e. The molecule has 2 atom stereocenters. The van der Waals surface area contributed by atoms with E-state index in [0.29, 0.717) is 25.1 Å². The molecule has 11 heteroatoms. The highest BCUT2D eigenvalue weighted by molar-refractivity contribution is 5.75. The number of carbonyl (C=O) groups is 2. The number of nitrogen functional groups attached to an aromatic ring is 1. The third-order valence-electron chi connectivity index (χ3n) is 4.11. The minimum absolute atomic E-state index is 0.0217. The maximum absolute atomic E-state index is 11.8. The van der Waals surface area contributed by atoms with Gasteiger partial charge in [-0.1, -0.05) is 13.8 Å². The number of aromatic amines is 1. The number of imidazole rings is 1. The van der Waals surface area contributed by atoms with Gasteiger partial charge in [0.15, 0.2) is 11.2 Å². The fourth-order valence-electron chi connectivity index (χ4n) is 2.48. The predicted octanol–water partition coefficient (Wildman–Crippen LogP) is -0.592. The number of hydrogen-bond acceptors (Lipinski definition) is 9. The monoisotopic (exact) mass is 380 g/mol. The third kappa shape index (κ3) is 5.26. The molecule has 0 aliphatic heterocycles. The van der Waals surface area contributed by atoms with Gasteiger partial charge in [0.1, 0.15) is 6.04 Å². The average molecular weight is 380 g/mol. The molecule has 11 nitrogen and oxygen atoms in total. The standard InChI is InChI=1S/C16H24N6O5/c1-9(2)11(17)15(25)27-4-3-10(6-26-8-23)5-22-7-19-12-13(22)20-16(18)21-14(12)24/h7-11H,3-6,17H2,1-2H3,(H3,18,20,21,24)/t10-,11+/m1/s1. The summed E-state index contributed by atoms with van der Waals surface area (Å²) in [5, 5.41) is 0. The zero-order valence-corrected chi connectivity index (χ0v) is 15.3. The van der Waals surface area contributed by atoms with Crippen molar-refractivity contribution in [2.75, 3.05) is 18.9 Å². The summed E-state index contributed by atoms with van der Waals surface area (Å²) in [7, 11) is 0. The van der Waals surface area contributed by atoms with Crippen LogP contribution < -0.4 is 17.0 Å². The van der Waals surface area contributed by atoms with E-state index in [1.165, 1.54) is 6.33 Å². The Morgan fingerprint density at radius 1 is 1.44 bits per heavy atom. The van der Waals surface area contributed by atoms with Crippen molar-refractivity contribution in [3.05, 3.63) is 16.7 Å². The molecule has 27 heavy (non-hydrogen) atoms. The number of nitrogens with zero attached hydrogens (tertiary/aromatic N) is 3. The van der Waals surface area contributed by atoms with E-state index in [9.17, 15) is 14.4 Å². The first-order valence-corrected chi connectivity index (χ1v) is 8.51. The van der Waals surface area contributed by atoms with E-state index in [0.717, 1.165) is 0 Å². The van der Waals surface area contributed by atoms with Gasteiger partial charge in [-0.3, -0.25) is 19.4 Å². The number of fused-ring (bicyclic) bond motifs is 1. The van der Waals surface area contributed by atoms with E-state index in [-0.39, 0.29) is 36.5 Å². The van der Waals surface area contributed by atoms with Gasteiger partial charge >= 0.3 is 5.97 Å². The Hall–Kier alpha value is -2.95. The van der Waals surface area contributed by atoms with Crippen LogP contribution in [0.4, 0.5) is 5.95 Å². The zero-order chi connectivity index (χ0) is 20.0. The molecule has 2 rings (SSSR count). The van der Waals surface area contributed by atoms with E-state index >= 15 is 0 Å². The lowest BCUT2D eigenvalue weighted by Crippen LogP contribution is -2.37. The van der Waals surface area contributed by atoms with E-state index in [1.54, 1.807) is 4.57 Å². The first-order chi connectivity index (χ1) is 12.8. The molecule has 0 radical (unpaired) electrons. The van der Waals surface area contributed by atoms with Gasteiger partial charge in [-0.25, -0.2) is 4.98 Å². The van der Waals surface area contributed by atoms with Crippen LogP contribution in [0.3, 0.4) is 0 Å². The molecule has 2 aromatic heterocycles. The summed E-state index contributed by atoms with van der Waals surface area (Å²) in [5.74, 6) is -0.725. The van der Waals surface area contributed by atoms with E-state index in [4.69, 9.17) is 20.9 Å². The Balaban J connectivity index is 2.05. The first-order valence-electron chi connectivity index (χ1n) is 8.51. The molecular formula is C16H24N6O5. The molecule has 5 N–H and O–H groups in total. The van der Waals surface area contributed by atoms with Gasteiger partial charge in [-0.05, 0) is 12.3 Å². The van der Waals surface area contributed by atoms with Crippen LogP contribution in [0.25, 0.3) is 11.2 Å². The van der Waals surface area contributed by atoms with Crippen molar-refractivity contribution in [2.45, 2.75) is 32.9 Å². The fraction of sp³-hybridized carbons (Fsp3) is 0.562. The number of anilines is 1. The second kappa shape index (κ2) is 9.12. The molecule has 0 aliphatic rings. The zero-order valence-electron chi connectivity index (χ0n) is 15.3. The number of esters is 1. The SMILES string of the molecule is CC(C)[C@H](N)C(=O)OCC[C@@H](COC=O)Cn1cnc2c(=O)[nH]c(N)nc21. The summed E-state index contributed by atoms with van der Waals surface area (Å²) in [6.07, 6.45) is 1.88. The minimum Gasteiger partial charge on any atom is -0.468 e. The second-order valence-corrected chi connectivity index (χ2v) is 6.54. The highest BCUT2D eigenvalue weighted by atomic mass is 16.5. The lowest BCUT2D eigenvalue weighted by Gasteiger charge is -2.18. The van der Waals surface area contributed by atoms with Crippen LogP contribution in [0.15, 0.2) is 11.1 Å². The number of hydrogen-bond donors (Lipinski definition) is 3. The van der Waals surface area contributed by atoms with Crippen molar-refractivity contribution in [1.29, 1.82) is 0 Å². The van der Waals surface area contributed by atoms with E-state index in [1.807, 2.05) is 13.8 Å². The highest BCUT2D eigenvalue weighted by Crippen LogP contribution is 2.13. The van der Waals surface area contributed by atoms with Gasteiger partial charge < -0.3 is 25.5 Å². The van der Waals surface area contributed by atoms with Gasteiger partial charge in [0.25, 0.3) is 12.0 Å². The molecule has 0 saturated carbocycles. The van der Waals surface area contributed by atoms with Gasteiger partial charge in [-0.2, -0.15) is 4.98 Å². The number of H-pyrrole nitrogens is 1. The molecule has 0 spiro atoms. The maximum Gasteiger partial charge on any atom is 0.323 e. The van der Waals surface area contributed by atoms with Crippen LogP contribution >= 0.6 is 0 Å². The van der Waals surface area contributed by atoms with Crippen LogP contribution in [0.2, 0.25) is 0 Å².